The smallest absolute Gasteiger partial charge is 0.246 e. The number of amides is 1. The maximum Gasteiger partial charge on any atom is 0.246 e. The van der Waals surface area contributed by atoms with E-state index < -0.39 is 12.1 Å². The van der Waals surface area contributed by atoms with Gasteiger partial charge in [-0.25, -0.2) is 5.48 Å². The van der Waals surface area contributed by atoms with Crippen LogP contribution >= 0.6 is 0 Å². The minimum atomic E-state index is -0.752. The molecule has 3 N–H and O–H groups in total. The van der Waals surface area contributed by atoms with E-state index in [9.17, 15) is 9.59 Å². The van der Waals surface area contributed by atoms with Crippen LogP contribution in [-0.4, -0.2) is 23.8 Å². The van der Waals surface area contributed by atoms with Crippen LogP contribution in [0.2, 0.25) is 0 Å². The van der Waals surface area contributed by atoms with Gasteiger partial charge in [-0.05, 0) is 44.9 Å². The SMILES string of the molecule is CCC=CCC=CCC=CCC=CCC=CCC=CCCC(=O)C(N)C1CC(=O)NO1. The lowest BCUT2D eigenvalue weighted by molar-refractivity contribution is -0.127. The highest BCUT2D eigenvalue weighted by Gasteiger charge is 2.32. The molecule has 1 fully saturated rings. The summed E-state index contributed by atoms with van der Waals surface area (Å²) in [6.07, 6.45) is 32.2. The molecule has 0 aliphatic carbocycles. The minimum absolute atomic E-state index is 0.0824. The molecule has 0 saturated carbocycles. The first-order valence-electron chi connectivity index (χ1n) is 11.3. The summed E-state index contributed by atoms with van der Waals surface area (Å²) in [5, 5.41) is 0. The maximum absolute atomic E-state index is 12.0. The number of hydrogen-bond acceptors (Lipinski definition) is 4. The maximum atomic E-state index is 12.0. The van der Waals surface area contributed by atoms with Gasteiger partial charge in [0.15, 0.2) is 5.78 Å². The van der Waals surface area contributed by atoms with E-state index in [1.807, 2.05) is 12.2 Å². The van der Waals surface area contributed by atoms with Crippen LogP contribution in [0.5, 0.6) is 0 Å². The van der Waals surface area contributed by atoms with Gasteiger partial charge in [0, 0.05) is 6.42 Å². The molecule has 0 aromatic rings. The summed E-state index contributed by atoms with van der Waals surface area (Å²) >= 11 is 0. The van der Waals surface area contributed by atoms with Gasteiger partial charge in [0.25, 0.3) is 0 Å². The molecule has 0 radical (unpaired) electrons. The van der Waals surface area contributed by atoms with Crippen molar-refractivity contribution >= 4 is 11.7 Å². The highest BCUT2D eigenvalue weighted by molar-refractivity contribution is 5.86. The first-order chi connectivity index (χ1) is 15.1. The van der Waals surface area contributed by atoms with E-state index in [0.717, 1.165) is 38.5 Å². The Morgan fingerprint density at radius 2 is 1.35 bits per heavy atom. The molecular weight excluding hydrogens is 388 g/mol. The van der Waals surface area contributed by atoms with Gasteiger partial charge in [0.1, 0.15) is 6.10 Å². The summed E-state index contributed by atoms with van der Waals surface area (Å²) in [7, 11) is 0. The first-order valence-corrected chi connectivity index (χ1v) is 11.3. The topological polar surface area (TPSA) is 81.4 Å². The molecule has 1 rings (SSSR count). The van der Waals surface area contributed by atoms with Crippen molar-refractivity contribution in [2.24, 2.45) is 5.73 Å². The number of ketones is 1. The molecule has 0 aromatic carbocycles. The number of hydrogen-bond donors (Lipinski definition) is 2. The number of carbonyl (C=O) groups is 2. The Kier molecular flexibility index (Phi) is 15.7. The van der Waals surface area contributed by atoms with Crippen LogP contribution in [0, 0.1) is 0 Å². The standard InChI is InChI=1S/C26H38N2O3/c1-2-3-4-5-6-7-8-9-10-11-12-13-14-15-16-17-18-19-20-21-23(29)26(27)24-22-25(30)28-31-24/h3-4,6-7,9-10,12-13,15-16,18-19,24,26H,2,5,8,11,14,17,20-22,27H2,1H3,(H,28,30). The minimum Gasteiger partial charge on any atom is -0.319 e. The first kappa shape index (κ1) is 26.5. The Balaban J connectivity index is 2.01. The van der Waals surface area contributed by atoms with Crippen molar-refractivity contribution in [2.75, 3.05) is 0 Å². The monoisotopic (exact) mass is 426 g/mol. The predicted octanol–water partition coefficient (Wildman–Crippen LogP) is 5.18. The molecule has 2 unspecified atom stereocenters. The van der Waals surface area contributed by atoms with Crippen molar-refractivity contribution in [3.63, 3.8) is 0 Å². The van der Waals surface area contributed by atoms with Gasteiger partial charge >= 0.3 is 0 Å². The Bertz CT molecular complexity index is 687. The zero-order valence-electron chi connectivity index (χ0n) is 18.7. The number of Topliss-reactive ketones (excluding diaryl/α,β-unsaturated/α-hetero) is 1. The van der Waals surface area contributed by atoms with Gasteiger partial charge in [-0.3, -0.25) is 14.4 Å². The van der Waals surface area contributed by atoms with E-state index in [2.05, 4.69) is 73.2 Å². The van der Waals surface area contributed by atoms with Crippen molar-refractivity contribution in [3.8, 4) is 0 Å². The van der Waals surface area contributed by atoms with Gasteiger partial charge in [-0.15, -0.1) is 0 Å². The lowest BCUT2D eigenvalue weighted by atomic mass is 10.0. The molecule has 1 amide bonds. The van der Waals surface area contributed by atoms with Gasteiger partial charge < -0.3 is 5.73 Å². The molecule has 31 heavy (non-hydrogen) atoms. The van der Waals surface area contributed by atoms with Crippen molar-refractivity contribution in [1.82, 2.24) is 5.48 Å². The molecule has 0 bridgehead atoms. The fourth-order valence-electron chi connectivity index (χ4n) is 2.85. The highest BCUT2D eigenvalue weighted by atomic mass is 16.7. The van der Waals surface area contributed by atoms with Crippen molar-refractivity contribution in [3.05, 3.63) is 72.9 Å². The van der Waals surface area contributed by atoms with Crippen LogP contribution in [0.4, 0.5) is 0 Å². The summed E-state index contributed by atoms with van der Waals surface area (Å²) in [6.45, 7) is 2.15. The van der Waals surface area contributed by atoms with Crippen molar-refractivity contribution in [1.29, 1.82) is 0 Å². The van der Waals surface area contributed by atoms with Crippen LogP contribution < -0.4 is 11.2 Å². The van der Waals surface area contributed by atoms with E-state index in [1.165, 1.54) is 0 Å². The number of nitrogens with one attached hydrogen (secondary N) is 1. The normalized spacial score (nSPS) is 18.6. The average Bonchev–Trinajstić information content (AvgIpc) is 3.20. The van der Waals surface area contributed by atoms with Gasteiger partial charge in [0.05, 0.1) is 12.5 Å². The van der Waals surface area contributed by atoms with E-state index in [1.54, 1.807) is 0 Å². The second-order valence-electron chi connectivity index (χ2n) is 7.33. The largest absolute Gasteiger partial charge is 0.319 e. The molecule has 170 valence electrons. The molecular formula is C26H38N2O3. The van der Waals surface area contributed by atoms with Crippen LogP contribution in [0.15, 0.2) is 72.9 Å². The van der Waals surface area contributed by atoms with Gasteiger partial charge in [-0.1, -0.05) is 79.8 Å². The molecule has 1 aliphatic rings. The number of allylic oxidation sites excluding steroid dienone is 12. The zero-order chi connectivity index (χ0) is 22.6. The number of rotatable bonds is 16. The molecule has 5 heteroatoms. The summed E-state index contributed by atoms with van der Waals surface area (Å²) in [5.74, 6) is -0.314. The Morgan fingerprint density at radius 1 is 0.903 bits per heavy atom. The highest BCUT2D eigenvalue weighted by Crippen LogP contribution is 2.11. The van der Waals surface area contributed by atoms with E-state index >= 15 is 0 Å². The van der Waals surface area contributed by atoms with Crippen LogP contribution in [-0.2, 0) is 14.4 Å². The van der Waals surface area contributed by atoms with E-state index in [0.29, 0.717) is 12.8 Å². The summed E-state index contributed by atoms with van der Waals surface area (Å²) in [5.41, 5.74) is 8.08. The Hall–Kier alpha value is -2.50. The molecule has 1 saturated heterocycles. The van der Waals surface area contributed by atoms with Crippen molar-refractivity contribution in [2.45, 2.75) is 76.9 Å². The van der Waals surface area contributed by atoms with Gasteiger partial charge in [0.2, 0.25) is 5.91 Å². The van der Waals surface area contributed by atoms with E-state index in [-0.39, 0.29) is 18.1 Å². The van der Waals surface area contributed by atoms with Crippen LogP contribution in [0.3, 0.4) is 0 Å². The lowest BCUT2D eigenvalue weighted by Gasteiger charge is -2.14. The lowest BCUT2D eigenvalue weighted by Crippen LogP contribution is -2.42. The molecule has 5 nitrogen and oxygen atoms in total. The van der Waals surface area contributed by atoms with Crippen molar-refractivity contribution < 1.29 is 14.4 Å². The van der Waals surface area contributed by atoms with E-state index in [4.69, 9.17) is 10.6 Å². The number of hydroxylamine groups is 1. The molecule has 0 spiro atoms. The second kappa shape index (κ2) is 18.3. The summed E-state index contributed by atoms with van der Waals surface area (Å²) in [4.78, 5) is 28.1. The number of nitrogens with two attached hydrogens (primary N) is 1. The predicted molar refractivity (Wildman–Crippen MR) is 128 cm³/mol. The Morgan fingerprint density at radius 3 is 1.77 bits per heavy atom. The molecule has 1 heterocycles. The molecule has 0 aromatic heterocycles. The second-order valence-corrected chi connectivity index (χ2v) is 7.33. The summed E-state index contributed by atoms with van der Waals surface area (Å²) in [6, 6.07) is -0.752. The fraction of sp³-hybridized carbons (Fsp3) is 0.462. The quantitative estimate of drug-likeness (QED) is 0.333. The third kappa shape index (κ3) is 14.2. The fourth-order valence-corrected chi connectivity index (χ4v) is 2.85. The van der Waals surface area contributed by atoms with Gasteiger partial charge in [-0.2, -0.15) is 0 Å². The number of carbonyl (C=O) groups excluding carboxylic acids is 2. The van der Waals surface area contributed by atoms with Crippen LogP contribution in [0.25, 0.3) is 0 Å². The van der Waals surface area contributed by atoms with Crippen LogP contribution in [0.1, 0.15) is 64.7 Å². The molecule has 1 aliphatic heterocycles. The third-order valence-electron chi connectivity index (χ3n) is 4.64. The average molecular weight is 427 g/mol. The molecule has 2 atom stereocenters. The Labute approximate surface area is 187 Å². The summed E-state index contributed by atoms with van der Waals surface area (Å²) < 4.78 is 0. The zero-order valence-corrected chi connectivity index (χ0v) is 18.7. The third-order valence-corrected chi connectivity index (χ3v) is 4.64.